The SMILES string of the molecule is C[Si](C)(C)n1c(S(=O)(=O)c2ccccc2)cc2cnccc21. The Bertz CT molecular complexity index is 926. The molecule has 0 radical (unpaired) electrons. The van der Waals surface area contributed by atoms with Crippen molar-refractivity contribution < 1.29 is 8.42 Å². The maximum atomic E-state index is 13.1. The van der Waals surface area contributed by atoms with Crippen molar-refractivity contribution in [2.24, 2.45) is 0 Å². The molecule has 0 bridgehead atoms. The second-order valence-electron chi connectivity index (χ2n) is 6.24. The number of benzene rings is 1. The summed E-state index contributed by atoms with van der Waals surface area (Å²) in [7, 11) is -5.47. The minimum atomic E-state index is -3.54. The monoisotopic (exact) mass is 330 g/mol. The number of fused-ring (bicyclic) bond motifs is 1. The molecule has 0 saturated heterocycles. The number of nitrogens with zero attached hydrogens (tertiary/aromatic N) is 2. The summed E-state index contributed by atoms with van der Waals surface area (Å²) in [6.07, 6.45) is 3.42. The summed E-state index contributed by atoms with van der Waals surface area (Å²) >= 11 is 0. The Morgan fingerprint density at radius 2 is 1.73 bits per heavy atom. The average Bonchev–Trinajstić information content (AvgIpc) is 2.88. The van der Waals surface area contributed by atoms with Gasteiger partial charge in [-0.15, -0.1) is 0 Å². The predicted molar refractivity (Wildman–Crippen MR) is 90.4 cm³/mol. The second kappa shape index (κ2) is 5.07. The fourth-order valence-corrected chi connectivity index (χ4v) is 6.85. The van der Waals surface area contributed by atoms with Crippen molar-refractivity contribution in [3.05, 3.63) is 54.9 Å². The van der Waals surface area contributed by atoms with E-state index < -0.39 is 18.1 Å². The van der Waals surface area contributed by atoms with E-state index in [-0.39, 0.29) is 0 Å². The van der Waals surface area contributed by atoms with Gasteiger partial charge < -0.3 is 4.23 Å². The first-order valence-electron chi connectivity index (χ1n) is 7.08. The fourth-order valence-electron chi connectivity index (χ4n) is 2.64. The van der Waals surface area contributed by atoms with E-state index in [0.717, 1.165) is 10.9 Å². The Labute approximate surface area is 131 Å². The molecule has 0 unspecified atom stereocenters. The van der Waals surface area contributed by atoms with Gasteiger partial charge in [0.2, 0.25) is 9.84 Å². The molecular formula is C16H18N2O2SSi. The van der Waals surface area contributed by atoms with Crippen LogP contribution in [-0.2, 0) is 9.84 Å². The molecule has 0 saturated carbocycles. The Balaban J connectivity index is 2.37. The maximum absolute atomic E-state index is 13.1. The molecule has 114 valence electrons. The normalized spacial score (nSPS) is 12.7. The first kappa shape index (κ1) is 15.0. The lowest BCUT2D eigenvalue weighted by molar-refractivity contribution is 0.591. The minimum absolute atomic E-state index is 0.324. The van der Waals surface area contributed by atoms with E-state index >= 15 is 0 Å². The Morgan fingerprint density at radius 3 is 2.36 bits per heavy atom. The van der Waals surface area contributed by atoms with Crippen molar-refractivity contribution in [3.8, 4) is 0 Å². The molecule has 3 aromatic rings. The molecule has 0 aliphatic rings. The highest BCUT2D eigenvalue weighted by Crippen LogP contribution is 2.30. The van der Waals surface area contributed by atoms with Crippen LogP contribution < -0.4 is 0 Å². The van der Waals surface area contributed by atoms with Gasteiger partial charge in [0.1, 0.15) is 5.03 Å². The molecule has 0 spiro atoms. The lowest BCUT2D eigenvalue weighted by Gasteiger charge is -2.23. The number of hydrogen-bond donors (Lipinski definition) is 0. The van der Waals surface area contributed by atoms with Crippen molar-refractivity contribution in [3.63, 3.8) is 0 Å². The van der Waals surface area contributed by atoms with Gasteiger partial charge in [0, 0.05) is 23.3 Å². The highest BCUT2D eigenvalue weighted by atomic mass is 32.2. The smallest absolute Gasteiger partial charge is 0.221 e. The molecule has 2 heterocycles. The van der Waals surface area contributed by atoms with E-state index in [1.165, 1.54) is 0 Å². The van der Waals surface area contributed by atoms with Crippen LogP contribution in [0.2, 0.25) is 19.6 Å². The molecular weight excluding hydrogens is 312 g/mol. The Hall–Kier alpha value is -1.92. The van der Waals surface area contributed by atoms with Crippen molar-refractivity contribution in [1.29, 1.82) is 0 Å². The third kappa shape index (κ3) is 2.38. The van der Waals surface area contributed by atoms with E-state index in [0.29, 0.717) is 9.92 Å². The van der Waals surface area contributed by atoms with E-state index in [2.05, 4.69) is 24.6 Å². The average molecular weight is 330 g/mol. The van der Waals surface area contributed by atoms with Crippen molar-refractivity contribution in [2.45, 2.75) is 29.6 Å². The summed E-state index contributed by atoms with van der Waals surface area (Å²) in [6.45, 7) is 6.41. The molecule has 3 rings (SSSR count). The van der Waals surface area contributed by atoms with Crippen LogP contribution in [0.1, 0.15) is 0 Å². The zero-order valence-corrected chi connectivity index (χ0v) is 14.6. The van der Waals surface area contributed by atoms with Gasteiger partial charge in [0.15, 0.2) is 8.24 Å². The van der Waals surface area contributed by atoms with E-state index in [1.54, 1.807) is 42.7 Å². The topological polar surface area (TPSA) is 52.0 Å². The maximum Gasteiger partial charge on any atom is 0.221 e. The Morgan fingerprint density at radius 1 is 1.05 bits per heavy atom. The standard InChI is InChI=1S/C16H18N2O2SSi/c1-22(2,3)18-15-9-10-17-12-13(15)11-16(18)21(19,20)14-7-5-4-6-8-14/h4-12H,1-3H3. The van der Waals surface area contributed by atoms with Crippen LogP contribution in [0, 0.1) is 0 Å². The van der Waals surface area contributed by atoms with E-state index in [4.69, 9.17) is 0 Å². The molecule has 0 atom stereocenters. The molecule has 0 fully saturated rings. The van der Waals surface area contributed by atoms with Crippen molar-refractivity contribution in [1.82, 2.24) is 9.22 Å². The Kier molecular flexibility index (Phi) is 3.45. The van der Waals surface area contributed by atoms with Gasteiger partial charge in [-0.2, -0.15) is 0 Å². The van der Waals surface area contributed by atoms with E-state index in [9.17, 15) is 8.42 Å². The molecule has 1 aromatic carbocycles. The quantitative estimate of drug-likeness (QED) is 0.690. The van der Waals surface area contributed by atoms with Crippen LogP contribution in [0.15, 0.2) is 64.8 Å². The second-order valence-corrected chi connectivity index (χ2v) is 12.9. The van der Waals surface area contributed by atoms with Gasteiger partial charge in [-0.3, -0.25) is 4.98 Å². The van der Waals surface area contributed by atoms with Crippen LogP contribution in [-0.4, -0.2) is 25.9 Å². The summed E-state index contributed by atoms with van der Waals surface area (Å²) < 4.78 is 28.1. The lowest BCUT2D eigenvalue weighted by atomic mass is 10.3. The highest BCUT2D eigenvalue weighted by molar-refractivity contribution is 7.91. The molecule has 22 heavy (non-hydrogen) atoms. The summed E-state index contributed by atoms with van der Waals surface area (Å²) in [5.74, 6) is 0. The van der Waals surface area contributed by atoms with Gasteiger partial charge >= 0.3 is 0 Å². The largest absolute Gasteiger partial charge is 0.359 e. The lowest BCUT2D eigenvalue weighted by Crippen LogP contribution is -2.34. The van der Waals surface area contributed by atoms with Gasteiger partial charge in [-0.05, 0) is 24.3 Å². The molecule has 0 aliphatic carbocycles. The zero-order chi connectivity index (χ0) is 16.0. The number of aromatic nitrogens is 2. The molecule has 6 heteroatoms. The zero-order valence-electron chi connectivity index (χ0n) is 12.8. The first-order chi connectivity index (χ1) is 10.3. The summed E-state index contributed by atoms with van der Waals surface area (Å²) in [5, 5.41) is 1.22. The molecule has 2 aromatic heterocycles. The van der Waals surface area contributed by atoms with Gasteiger partial charge in [-0.25, -0.2) is 8.42 Å². The van der Waals surface area contributed by atoms with Crippen LogP contribution in [0.5, 0.6) is 0 Å². The summed E-state index contributed by atoms with van der Waals surface area (Å²) in [6, 6.07) is 12.2. The summed E-state index contributed by atoms with van der Waals surface area (Å²) in [5.41, 5.74) is 0.934. The van der Waals surface area contributed by atoms with E-state index in [1.807, 2.05) is 16.4 Å². The molecule has 0 N–H and O–H groups in total. The van der Waals surface area contributed by atoms with Gasteiger partial charge in [0.05, 0.1) is 4.90 Å². The number of sulfone groups is 1. The van der Waals surface area contributed by atoms with Crippen molar-refractivity contribution >= 4 is 29.0 Å². The molecule has 4 nitrogen and oxygen atoms in total. The number of rotatable bonds is 3. The predicted octanol–water partition coefficient (Wildman–Crippen LogP) is 3.55. The van der Waals surface area contributed by atoms with Gasteiger partial charge in [0.25, 0.3) is 0 Å². The van der Waals surface area contributed by atoms with Crippen LogP contribution in [0.3, 0.4) is 0 Å². The number of hydrogen-bond acceptors (Lipinski definition) is 3. The third-order valence-electron chi connectivity index (χ3n) is 3.57. The molecule has 0 amide bonds. The van der Waals surface area contributed by atoms with Crippen molar-refractivity contribution in [2.75, 3.05) is 0 Å². The van der Waals surface area contributed by atoms with Crippen LogP contribution >= 0.6 is 0 Å². The summed E-state index contributed by atoms with van der Waals surface area (Å²) in [4.78, 5) is 4.44. The molecule has 0 aliphatic heterocycles. The van der Waals surface area contributed by atoms with Gasteiger partial charge in [-0.1, -0.05) is 37.8 Å². The minimum Gasteiger partial charge on any atom is -0.359 e. The first-order valence-corrected chi connectivity index (χ1v) is 12.0. The number of pyridine rings is 1. The highest BCUT2D eigenvalue weighted by Gasteiger charge is 2.30. The fraction of sp³-hybridized carbons (Fsp3) is 0.188. The van der Waals surface area contributed by atoms with Crippen LogP contribution in [0.25, 0.3) is 10.9 Å². The third-order valence-corrected chi connectivity index (χ3v) is 7.30. The van der Waals surface area contributed by atoms with Crippen LogP contribution in [0.4, 0.5) is 0 Å².